The number of esters is 1. The maximum Gasteiger partial charge on any atom is 0.330 e. The summed E-state index contributed by atoms with van der Waals surface area (Å²) in [6, 6.07) is 9.07. The minimum Gasteiger partial charge on any atom is -0.462 e. The summed E-state index contributed by atoms with van der Waals surface area (Å²) in [6.07, 6.45) is -1.08. The number of aliphatic hydroxyl groups is 1. The van der Waals surface area contributed by atoms with Gasteiger partial charge in [-0.3, -0.25) is 19.1 Å². The lowest BCUT2D eigenvalue weighted by molar-refractivity contribution is -0.149. The van der Waals surface area contributed by atoms with Crippen molar-refractivity contribution in [1.29, 1.82) is 0 Å². The molecule has 5 atom stereocenters. The maximum absolute atomic E-state index is 12.5. The number of benzene rings is 1. The molecule has 13 heteroatoms. The molecule has 11 nitrogen and oxygen atoms in total. The lowest BCUT2D eigenvalue weighted by Gasteiger charge is -2.27. The first-order valence-electron chi connectivity index (χ1n) is 12.5. The second kappa shape index (κ2) is 13.0. The number of para-hydroxylation sites is 1. The van der Waals surface area contributed by atoms with Crippen LogP contribution in [0, 0.1) is 17.8 Å². The number of aromatic amines is 1. The van der Waals surface area contributed by atoms with Crippen molar-refractivity contribution in [2.24, 2.45) is 5.92 Å². The van der Waals surface area contributed by atoms with Crippen LogP contribution in [0.2, 0.25) is 0 Å². The Hall–Kier alpha value is -2.78. The van der Waals surface area contributed by atoms with E-state index in [2.05, 4.69) is 21.9 Å². The molecule has 1 aromatic heterocycles. The molecule has 0 aliphatic carbocycles. The third-order valence-electron chi connectivity index (χ3n) is 5.41. The van der Waals surface area contributed by atoms with E-state index in [0.717, 1.165) is 10.6 Å². The van der Waals surface area contributed by atoms with Crippen LogP contribution < -0.4 is 20.9 Å². The first-order valence-corrected chi connectivity index (χ1v) is 15.1. The number of hydrogen-bond acceptors (Lipinski definition) is 9. The zero-order valence-electron chi connectivity index (χ0n) is 22.5. The Bertz CT molecular complexity index is 1370. The van der Waals surface area contributed by atoms with Gasteiger partial charge in [0, 0.05) is 24.6 Å². The van der Waals surface area contributed by atoms with Crippen LogP contribution in [0.4, 0.5) is 0 Å². The summed E-state index contributed by atoms with van der Waals surface area (Å²) in [5.41, 5.74) is -3.10. The van der Waals surface area contributed by atoms with Gasteiger partial charge in [0.25, 0.3) is 5.56 Å². The van der Waals surface area contributed by atoms with Crippen molar-refractivity contribution >= 4 is 24.4 Å². The van der Waals surface area contributed by atoms with Crippen LogP contribution >= 0.6 is 6.64 Å². The molecule has 0 saturated carbocycles. The highest BCUT2D eigenvalue weighted by Gasteiger charge is 2.49. The van der Waals surface area contributed by atoms with Crippen molar-refractivity contribution in [2.45, 2.75) is 71.1 Å². The molecule has 1 aliphatic rings. The van der Waals surface area contributed by atoms with E-state index >= 15 is 0 Å². The molecule has 1 aliphatic heterocycles. The van der Waals surface area contributed by atoms with E-state index in [1.807, 2.05) is 19.9 Å². The second-order valence-electron chi connectivity index (χ2n) is 9.71. The van der Waals surface area contributed by atoms with Gasteiger partial charge in [0.1, 0.15) is 11.8 Å². The van der Waals surface area contributed by atoms with Gasteiger partial charge in [-0.1, -0.05) is 43.9 Å². The molecule has 0 spiro atoms. The van der Waals surface area contributed by atoms with Crippen molar-refractivity contribution in [3.63, 3.8) is 0 Å². The van der Waals surface area contributed by atoms with Gasteiger partial charge in [-0.2, -0.15) is 0 Å². The zero-order valence-corrected chi connectivity index (χ0v) is 24.2. The Kier molecular flexibility index (Phi) is 10.3. The van der Waals surface area contributed by atoms with Gasteiger partial charge in [-0.05, 0) is 44.7 Å². The Balaban J connectivity index is 1.85. The van der Waals surface area contributed by atoms with Crippen LogP contribution in [0.15, 0.2) is 52.2 Å². The topological polar surface area (TPSA) is 141 Å². The van der Waals surface area contributed by atoms with Crippen LogP contribution in [0.3, 0.4) is 0 Å². The molecule has 3 N–H and O–H groups in total. The van der Waals surface area contributed by atoms with Crippen molar-refractivity contribution in [2.75, 3.05) is 6.61 Å². The normalized spacial score (nSPS) is 23.1. The van der Waals surface area contributed by atoms with Crippen molar-refractivity contribution < 1.29 is 28.4 Å². The van der Waals surface area contributed by atoms with Crippen molar-refractivity contribution in [3.05, 3.63) is 63.4 Å². The smallest absolute Gasteiger partial charge is 0.330 e. The van der Waals surface area contributed by atoms with E-state index in [-0.39, 0.29) is 25.0 Å². The summed E-state index contributed by atoms with van der Waals surface area (Å²) in [6.45, 7) is 5.29. The highest BCUT2D eigenvalue weighted by Crippen LogP contribution is 2.47. The molecule has 0 radical (unpaired) electrons. The third-order valence-corrected chi connectivity index (χ3v) is 7.91. The highest BCUT2D eigenvalue weighted by molar-refractivity contribution is 8.09. The van der Waals surface area contributed by atoms with E-state index in [1.165, 1.54) is 6.20 Å². The molecule has 39 heavy (non-hydrogen) atoms. The van der Waals surface area contributed by atoms with Gasteiger partial charge < -0.3 is 23.6 Å². The fraction of sp³-hybridized carbons (Fsp3) is 0.500. The number of H-pyrrole nitrogens is 1. The average Bonchev–Trinajstić information content (AvgIpc) is 3.18. The Labute approximate surface area is 232 Å². The second-order valence-corrected chi connectivity index (χ2v) is 12.9. The number of carbonyl (C=O) groups excluding carboxylic acids is 1. The Morgan fingerprint density at radius 3 is 2.56 bits per heavy atom. The summed E-state index contributed by atoms with van der Waals surface area (Å²) >= 11 is 5.74. The van der Waals surface area contributed by atoms with Gasteiger partial charge in [0.2, 0.25) is 0 Å². The van der Waals surface area contributed by atoms with E-state index in [0.29, 0.717) is 5.75 Å². The quantitative estimate of drug-likeness (QED) is 0.218. The van der Waals surface area contributed by atoms with Crippen LogP contribution in [-0.2, 0) is 30.6 Å². The molecule has 1 aromatic carbocycles. The van der Waals surface area contributed by atoms with Gasteiger partial charge in [-0.25, -0.2) is 9.88 Å². The number of nitrogens with zero attached hydrogens (tertiary/aromatic N) is 1. The number of nitrogens with one attached hydrogen (secondary N) is 2. The summed E-state index contributed by atoms with van der Waals surface area (Å²) in [4.78, 5) is 38.7. The standard InChI is InChI=1S/C26H34N3O8PS/c1-17(2)11-13-26(33)15-21(36-24(26)29-14-12-22(30)27-25(29)32)16-34-38(39,37-20-9-7-6-8-10-20)28-19(5)23(31)35-18(3)4/h6-10,12,14,17-19,21,24,33H,15-16H2,1-5H3,(H,28,39)(H,27,30,32)/t19-,21-,24+,26+,38?/m0/s1. The van der Waals surface area contributed by atoms with E-state index in [9.17, 15) is 19.5 Å². The van der Waals surface area contributed by atoms with E-state index < -0.39 is 47.8 Å². The predicted octanol–water partition coefficient (Wildman–Crippen LogP) is 2.46. The molecule has 0 amide bonds. The number of rotatable bonds is 10. The molecule has 212 valence electrons. The monoisotopic (exact) mass is 579 g/mol. The molecular formula is C26H34N3O8PS. The molecular weight excluding hydrogens is 545 g/mol. The van der Waals surface area contributed by atoms with Gasteiger partial charge in [0.05, 0.1) is 18.8 Å². The van der Waals surface area contributed by atoms with Crippen molar-refractivity contribution in [3.8, 4) is 17.6 Å². The summed E-state index contributed by atoms with van der Waals surface area (Å²) in [5, 5.41) is 14.4. The van der Waals surface area contributed by atoms with Crippen LogP contribution in [0.25, 0.3) is 0 Å². The summed E-state index contributed by atoms with van der Waals surface area (Å²) in [5.74, 6) is 5.61. The molecule has 1 saturated heterocycles. The maximum atomic E-state index is 12.5. The van der Waals surface area contributed by atoms with Gasteiger partial charge in [0.15, 0.2) is 11.8 Å². The largest absolute Gasteiger partial charge is 0.462 e. The Morgan fingerprint density at radius 2 is 1.95 bits per heavy atom. The van der Waals surface area contributed by atoms with Crippen LogP contribution in [-0.4, -0.2) is 51.1 Å². The third kappa shape index (κ3) is 8.60. The number of hydrogen-bond donors (Lipinski definition) is 3. The zero-order chi connectivity index (χ0) is 28.8. The molecule has 3 rings (SSSR count). The van der Waals surface area contributed by atoms with E-state index in [4.69, 9.17) is 30.3 Å². The first kappa shape index (κ1) is 30.8. The predicted molar refractivity (Wildman–Crippen MR) is 149 cm³/mol. The Morgan fingerprint density at radius 1 is 1.26 bits per heavy atom. The van der Waals surface area contributed by atoms with Crippen molar-refractivity contribution in [1.82, 2.24) is 14.6 Å². The molecule has 0 bridgehead atoms. The molecule has 1 fully saturated rings. The fourth-order valence-corrected chi connectivity index (χ4v) is 6.13. The van der Waals surface area contributed by atoms with Gasteiger partial charge >= 0.3 is 18.3 Å². The molecule has 1 unspecified atom stereocenters. The first-order chi connectivity index (χ1) is 18.3. The molecule has 2 heterocycles. The molecule has 2 aromatic rings. The lowest BCUT2D eigenvalue weighted by Crippen LogP contribution is -2.41. The highest BCUT2D eigenvalue weighted by atomic mass is 32.5. The minimum absolute atomic E-state index is 0.0193. The SMILES string of the molecule is CC(C)C#C[C@@]1(O)C[C@@H](COP(=S)(N[C@@H](C)C(=O)OC(C)C)Oc2ccccc2)O[C@H]1n1ccc(=O)[nH]c1=O. The lowest BCUT2D eigenvalue weighted by atomic mass is 9.97. The average molecular weight is 580 g/mol. The number of carbonyl (C=O) groups is 1. The van der Waals surface area contributed by atoms with E-state index in [1.54, 1.807) is 45.0 Å². The summed E-state index contributed by atoms with van der Waals surface area (Å²) in [7, 11) is 0. The fourth-order valence-electron chi connectivity index (χ4n) is 3.69. The number of ether oxygens (including phenoxy) is 2. The van der Waals surface area contributed by atoms with Gasteiger partial charge in [-0.15, -0.1) is 0 Å². The van der Waals surface area contributed by atoms with Crippen LogP contribution in [0.1, 0.15) is 47.3 Å². The van der Waals surface area contributed by atoms with Crippen LogP contribution in [0.5, 0.6) is 5.75 Å². The summed E-state index contributed by atoms with van der Waals surface area (Å²) < 4.78 is 24.4. The number of aromatic nitrogens is 2. The minimum atomic E-state index is -3.36.